The zero-order chi connectivity index (χ0) is 8.27. The van der Waals surface area contributed by atoms with Gasteiger partial charge in [-0.25, -0.2) is 0 Å². The number of aliphatic carboxylic acids is 1. The van der Waals surface area contributed by atoms with Crippen LogP contribution in [0.2, 0.25) is 0 Å². The molecule has 0 radical (unpaired) electrons. The molecule has 3 nitrogen and oxygen atoms in total. The van der Waals surface area contributed by atoms with Crippen molar-refractivity contribution in [1.82, 2.24) is 0 Å². The van der Waals surface area contributed by atoms with Crippen LogP contribution in [-0.4, -0.2) is 25.6 Å². The summed E-state index contributed by atoms with van der Waals surface area (Å²) in [5.41, 5.74) is 0. The Morgan fingerprint density at radius 2 is 2.09 bits per heavy atom. The van der Waals surface area contributed by atoms with Crippen molar-refractivity contribution >= 4 is 5.97 Å². The summed E-state index contributed by atoms with van der Waals surface area (Å²) in [6.07, 6.45) is 2.31. The Bertz CT molecular complexity index is 139. The molecule has 0 atom stereocenters. The molecule has 1 N–H and O–H groups in total. The predicted molar refractivity (Wildman–Crippen MR) is 39.0 cm³/mol. The molecule has 1 saturated heterocycles. The molecule has 0 aromatic rings. The van der Waals surface area contributed by atoms with Gasteiger partial charge >= 0.3 is 0 Å². The van der Waals surface area contributed by atoms with Crippen LogP contribution in [0.3, 0.4) is 0 Å². The third-order valence-corrected chi connectivity index (χ3v) is 2.38. The van der Waals surface area contributed by atoms with Crippen LogP contribution < -0.4 is 10.0 Å². The SMILES string of the molecule is CC1CC[NH+](CC(=O)[O-])CC1. The van der Waals surface area contributed by atoms with Gasteiger partial charge in [-0.05, 0) is 18.8 Å². The van der Waals surface area contributed by atoms with E-state index in [-0.39, 0.29) is 6.54 Å². The van der Waals surface area contributed by atoms with Gasteiger partial charge in [-0.3, -0.25) is 0 Å². The van der Waals surface area contributed by atoms with Gasteiger partial charge < -0.3 is 14.8 Å². The lowest BCUT2D eigenvalue weighted by molar-refractivity contribution is -0.900. The van der Waals surface area contributed by atoms with Gasteiger partial charge in [-0.1, -0.05) is 6.92 Å². The lowest BCUT2D eigenvalue weighted by atomic mass is 9.99. The normalized spacial score (nSPS) is 31.7. The zero-order valence-corrected chi connectivity index (χ0v) is 6.93. The van der Waals surface area contributed by atoms with E-state index in [1.54, 1.807) is 0 Å². The Morgan fingerprint density at radius 1 is 1.55 bits per heavy atom. The van der Waals surface area contributed by atoms with Crippen LogP contribution >= 0.6 is 0 Å². The number of hydrogen-bond acceptors (Lipinski definition) is 2. The summed E-state index contributed by atoms with van der Waals surface area (Å²) in [4.78, 5) is 11.4. The molecule has 0 bridgehead atoms. The van der Waals surface area contributed by atoms with Gasteiger partial charge in [0.2, 0.25) is 0 Å². The van der Waals surface area contributed by atoms with E-state index in [4.69, 9.17) is 0 Å². The number of carbonyl (C=O) groups is 1. The van der Waals surface area contributed by atoms with Crippen LogP contribution in [0.5, 0.6) is 0 Å². The standard InChI is InChI=1S/C8H15NO2/c1-7-2-4-9(5-3-7)6-8(10)11/h7H,2-6H2,1H3,(H,10,11). The maximum absolute atomic E-state index is 10.2. The molecule has 1 heterocycles. The first kappa shape index (κ1) is 8.53. The second kappa shape index (κ2) is 3.72. The lowest BCUT2D eigenvalue weighted by Gasteiger charge is -2.27. The van der Waals surface area contributed by atoms with Gasteiger partial charge in [0, 0.05) is 0 Å². The van der Waals surface area contributed by atoms with Crippen molar-refractivity contribution in [2.75, 3.05) is 19.6 Å². The second-order valence-electron chi connectivity index (χ2n) is 3.48. The van der Waals surface area contributed by atoms with E-state index in [0.29, 0.717) is 0 Å². The van der Waals surface area contributed by atoms with E-state index in [2.05, 4.69) is 6.92 Å². The minimum Gasteiger partial charge on any atom is -0.544 e. The number of carboxylic acids is 1. The number of carbonyl (C=O) groups excluding carboxylic acids is 1. The predicted octanol–water partition coefficient (Wildman–Crippen LogP) is -1.95. The average Bonchev–Trinajstić information content (AvgIpc) is 1.93. The Hall–Kier alpha value is -0.570. The number of hydrogen-bond donors (Lipinski definition) is 1. The number of carboxylic acid groups (broad SMARTS) is 1. The maximum atomic E-state index is 10.2. The minimum atomic E-state index is -0.922. The molecule has 11 heavy (non-hydrogen) atoms. The summed E-state index contributed by atoms with van der Waals surface area (Å²) in [6, 6.07) is 0. The van der Waals surface area contributed by atoms with E-state index in [1.807, 2.05) is 0 Å². The molecule has 0 amide bonds. The largest absolute Gasteiger partial charge is 0.544 e. The summed E-state index contributed by atoms with van der Waals surface area (Å²) in [5.74, 6) is -0.143. The van der Waals surface area contributed by atoms with Crippen LogP contribution in [0, 0.1) is 5.92 Å². The molecule has 1 aliphatic heterocycles. The van der Waals surface area contributed by atoms with Gasteiger partial charge in [-0.2, -0.15) is 0 Å². The fourth-order valence-corrected chi connectivity index (χ4v) is 1.55. The third-order valence-electron chi connectivity index (χ3n) is 2.38. The highest BCUT2D eigenvalue weighted by Crippen LogP contribution is 2.06. The maximum Gasteiger partial charge on any atom is 0.117 e. The Balaban J connectivity index is 2.22. The molecule has 64 valence electrons. The number of quaternary nitrogens is 1. The smallest absolute Gasteiger partial charge is 0.117 e. The van der Waals surface area contributed by atoms with E-state index in [9.17, 15) is 9.90 Å². The van der Waals surface area contributed by atoms with E-state index >= 15 is 0 Å². The van der Waals surface area contributed by atoms with Crippen molar-refractivity contribution in [2.45, 2.75) is 19.8 Å². The Kier molecular flexibility index (Phi) is 2.88. The lowest BCUT2D eigenvalue weighted by Crippen LogP contribution is -3.14. The summed E-state index contributed by atoms with van der Waals surface area (Å²) in [6.45, 7) is 4.40. The first-order valence-corrected chi connectivity index (χ1v) is 4.22. The number of likely N-dealkylation sites (tertiary alicyclic amines) is 1. The Morgan fingerprint density at radius 3 is 2.55 bits per heavy atom. The van der Waals surface area contributed by atoms with Crippen LogP contribution in [-0.2, 0) is 4.79 Å². The zero-order valence-electron chi connectivity index (χ0n) is 6.93. The quantitative estimate of drug-likeness (QED) is 0.506. The minimum absolute atomic E-state index is 0.187. The monoisotopic (exact) mass is 157 g/mol. The van der Waals surface area contributed by atoms with Crippen molar-refractivity contribution in [2.24, 2.45) is 5.92 Å². The van der Waals surface area contributed by atoms with Crippen molar-refractivity contribution in [3.8, 4) is 0 Å². The molecule has 0 aromatic carbocycles. The molecule has 0 saturated carbocycles. The summed E-state index contributed by atoms with van der Waals surface area (Å²) >= 11 is 0. The molecular weight excluding hydrogens is 142 g/mol. The topological polar surface area (TPSA) is 44.6 Å². The van der Waals surface area contributed by atoms with Crippen molar-refractivity contribution in [3.63, 3.8) is 0 Å². The molecule has 1 rings (SSSR count). The van der Waals surface area contributed by atoms with E-state index in [0.717, 1.165) is 31.8 Å². The third kappa shape index (κ3) is 2.89. The van der Waals surface area contributed by atoms with Gasteiger partial charge in [0.05, 0.1) is 19.1 Å². The van der Waals surface area contributed by atoms with E-state index in [1.165, 1.54) is 4.90 Å². The highest BCUT2D eigenvalue weighted by atomic mass is 16.4. The number of nitrogens with one attached hydrogen (secondary N) is 1. The Labute approximate surface area is 67.0 Å². The molecule has 0 aromatic heterocycles. The van der Waals surface area contributed by atoms with Crippen LogP contribution in [0.15, 0.2) is 0 Å². The van der Waals surface area contributed by atoms with Crippen molar-refractivity contribution in [1.29, 1.82) is 0 Å². The summed E-state index contributed by atoms with van der Waals surface area (Å²) in [7, 11) is 0. The van der Waals surface area contributed by atoms with Gasteiger partial charge in [-0.15, -0.1) is 0 Å². The molecule has 1 aliphatic rings. The van der Waals surface area contributed by atoms with Gasteiger partial charge in [0.1, 0.15) is 6.54 Å². The molecule has 0 unspecified atom stereocenters. The molecule has 0 aliphatic carbocycles. The summed E-state index contributed by atoms with van der Waals surface area (Å²) in [5, 5.41) is 10.2. The average molecular weight is 157 g/mol. The highest BCUT2D eigenvalue weighted by molar-refractivity contribution is 5.65. The fourth-order valence-electron chi connectivity index (χ4n) is 1.55. The second-order valence-corrected chi connectivity index (χ2v) is 3.48. The molecule has 3 heteroatoms. The highest BCUT2D eigenvalue weighted by Gasteiger charge is 2.18. The van der Waals surface area contributed by atoms with Gasteiger partial charge in [0.15, 0.2) is 0 Å². The van der Waals surface area contributed by atoms with E-state index < -0.39 is 5.97 Å². The first-order chi connectivity index (χ1) is 5.18. The number of piperidine rings is 1. The van der Waals surface area contributed by atoms with Crippen molar-refractivity contribution < 1.29 is 14.8 Å². The van der Waals surface area contributed by atoms with Crippen LogP contribution in [0.4, 0.5) is 0 Å². The number of rotatable bonds is 2. The van der Waals surface area contributed by atoms with Crippen molar-refractivity contribution in [3.05, 3.63) is 0 Å². The molecular formula is C8H15NO2. The first-order valence-electron chi connectivity index (χ1n) is 4.22. The summed E-state index contributed by atoms with van der Waals surface area (Å²) < 4.78 is 0. The molecule has 0 spiro atoms. The fraction of sp³-hybridized carbons (Fsp3) is 0.875. The molecule has 1 fully saturated rings. The van der Waals surface area contributed by atoms with Crippen LogP contribution in [0.1, 0.15) is 19.8 Å². The van der Waals surface area contributed by atoms with Crippen LogP contribution in [0.25, 0.3) is 0 Å². The van der Waals surface area contributed by atoms with Gasteiger partial charge in [0.25, 0.3) is 0 Å².